The van der Waals surface area contributed by atoms with Crippen molar-refractivity contribution in [2.45, 2.75) is 38.6 Å². The quantitative estimate of drug-likeness (QED) is 0.942. The zero-order valence-electron chi connectivity index (χ0n) is 11.7. The molecule has 0 atom stereocenters. The second-order valence-electron chi connectivity index (χ2n) is 5.55. The first-order valence-electron chi connectivity index (χ1n) is 7.04. The molecule has 1 fully saturated rings. The van der Waals surface area contributed by atoms with Crippen LogP contribution in [0, 0.1) is 6.92 Å². The zero-order valence-corrected chi connectivity index (χ0v) is 12.5. The molecule has 0 aliphatic heterocycles. The fourth-order valence-corrected chi connectivity index (χ4v) is 3.05. The minimum absolute atomic E-state index is 0.0349. The Morgan fingerprint density at radius 2 is 2.14 bits per heavy atom. The molecule has 21 heavy (non-hydrogen) atoms. The SMILES string of the molecule is Cc1c(CCC(=O)O)c(=O)c2cc(Cl)ccc2n1C1CC1. The van der Waals surface area contributed by atoms with Gasteiger partial charge in [0.2, 0.25) is 0 Å². The number of nitrogens with zero attached hydrogens (tertiary/aromatic N) is 1. The van der Waals surface area contributed by atoms with Crippen molar-refractivity contribution in [2.24, 2.45) is 0 Å². The number of hydrogen-bond donors (Lipinski definition) is 1. The number of halogens is 1. The van der Waals surface area contributed by atoms with E-state index < -0.39 is 5.97 Å². The van der Waals surface area contributed by atoms with E-state index in [1.165, 1.54) is 0 Å². The van der Waals surface area contributed by atoms with Gasteiger partial charge in [0.05, 0.1) is 5.52 Å². The van der Waals surface area contributed by atoms with E-state index in [2.05, 4.69) is 4.57 Å². The fraction of sp³-hybridized carbons (Fsp3) is 0.375. The molecule has 1 N–H and O–H groups in total. The molecule has 1 aromatic heterocycles. The third-order valence-corrected chi connectivity index (χ3v) is 4.27. The summed E-state index contributed by atoms with van der Waals surface area (Å²) in [4.78, 5) is 23.5. The van der Waals surface area contributed by atoms with Gasteiger partial charge in [0, 0.05) is 34.1 Å². The Balaban J connectivity index is 2.26. The van der Waals surface area contributed by atoms with E-state index in [1.54, 1.807) is 12.1 Å². The largest absolute Gasteiger partial charge is 0.481 e. The highest BCUT2D eigenvalue weighted by atomic mass is 35.5. The summed E-state index contributed by atoms with van der Waals surface area (Å²) in [5.41, 5.74) is 2.28. The Kier molecular flexibility index (Phi) is 3.49. The van der Waals surface area contributed by atoms with Crippen molar-refractivity contribution in [3.05, 3.63) is 44.7 Å². The van der Waals surface area contributed by atoms with Gasteiger partial charge in [-0.1, -0.05) is 11.6 Å². The first-order valence-corrected chi connectivity index (χ1v) is 7.42. The molecule has 1 aromatic carbocycles. The van der Waals surface area contributed by atoms with Gasteiger partial charge < -0.3 is 9.67 Å². The van der Waals surface area contributed by atoms with Gasteiger partial charge in [-0.05, 0) is 44.4 Å². The van der Waals surface area contributed by atoms with E-state index in [4.69, 9.17) is 16.7 Å². The first kappa shape index (κ1) is 14.1. The third kappa shape index (κ3) is 2.56. The number of carbonyl (C=O) groups is 1. The lowest BCUT2D eigenvalue weighted by Gasteiger charge is -2.17. The van der Waals surface area contributed by atoms with Crippen molar-refractivity contribution < 1.29 is 9.90 Å². The number of pyridine rings is 1. The predicted molar refractivity (Wildman–Crippen MR) is 82.2 cm³/mol. The van der Waals surface area contributed by atoms with Crippen LogP contribution in [0.15, 0.2) is 23.0 Å². The highest BCUT2D eigenvalue weighted by molar-refractivity contribution is 6.31. The van der Waals surface area contributed by atoms with Gasteiger partial charge in [-0.2, -0.15) is 0 Å². The van der Waals surface area contributed by atoms with E-state index in [0.29, 0.717) is 22.0 Å². The molecule has 110 valence electrons. The summed E-state index contributed by atoms with van der Waals surface area (Å²) in [5.74, 6) is -0.891. The molecular weight excluding hydrogens is 290 g/mol. The molecule has 0 saturated heterocycles. The minimum atomic E-state index is -0.891. The smallest absolute Gasteiger partial charge is 0.303 e. The lowest BCUT2D eigenvalue weighted by molar-refractivity contribution is -0.136. The van der Waals surface area contributed by atoms with Gasteiger partial charge >= 0.3 is 5.97 Å². The van der Waals surface area contributed by atoms with Crippen LogP contribution in [0.3, 0.4) is 0 Å². The second-order valence-corrected chi connectivity index (χ2v) is 5.99. The number of carboxylic acids is 1. The van der Waals surface area contributed by atoms with E-state index in [9.17, 15) is 9.59 Å². The second kappa shape index (κ2) is 5.19. The van der Waals surface area contributed by atoms with E-state index >= 15 is 0 Å². The molecule has 2 aromatic rings. The van der Waals surface area contributed by atoms with Crippen molar-refractivity contribution in [1.29, 1.82) is 0 Å². The number of hydrogen-bond acceptors (Lipinski definition) is 2. The van der Waals surface area contributed by atoms with Crippen LogP contribution in [0.1, 0.15) is 36.6 Å². The Labute approximate surface area is 127 Å². The lowest BCUT2D eigenvalue weighted by Crippen LogP contribution is -2.19. The van der Waals surface area contributed by atoms with Crippen LogP contribution in [0.5, 0.6) is 0 Å². The molecule has 5 heteroatoms. The molecule has 1 aliphatic rings. The van der Waals surface area contributed by atoms with Crippen LogP contribution >= 0.6 is 11.6 Å². The standard InChI is InChI=1S/C16H16ClNO3/c1-9-12(5-7-15(19)20)16(21)13-8-10(17)2-6-14(13)18(9)11-3-4-11/h2,6,8,11H,3-5,7H2,1H3,(H,19,20). The van der Waals surface area contributed by atoms with E-state index in [0.717, 1.165) is 24.1 Å². The molecule has 4 nitrogen and oxygen atoms in total. The monoisotopic (exact) mass is 305 g/mol. The highest BCUT2D eigenvalue weighted by Gasteiger charge is 2.27. The topological polar surface area (TPSA) is 59.3 Å². The summed E-state index contributed by atoms with van der Waals surface area (Å²) >= 11 is 6.02. The summed E-state index contributed by atoms with van der Waals surface area (Å²) in [7, 11) is 0. The van der Waals surface area contributed by atoms with Gasteiger partial charge in [-0.15, -0.1) is 0 Å². The number of fused-ring (bicyclic) bond motifs is 1. The van der Waals surface area contributed by atoms with Crippen LogP contribution in [-0.4, -0.2) is 15.6 Å². The molecule has 0 amide bonds. The van der Waals surface area contributed by atoms with Crippen LogP contribution in [-0.2, 0) is 11.2 Å². The Morgan fingerprint density at radius 1 is 1.43 bits per heavy atom. The number of benzene rings is 1. The molecule has 0 spiro atoms. The van der Waals surface area contributed by atoms with Crippen molar-refractivity contribution in [3.63, 3.8) is 0 Å². The van der Waals surface area contributed by atoms with Crippen molar-refractivity contribution in [2.75, 3.05) is 0 Å². The van der Waals surface area contributed by atoms with Crippen molar-refractivity contribution in [1.82, 2.24) is 4.57 Å². The number of aliphatic carboxylic acids is 1. The van der Waals surface area contributed by atoms with E-state index in [-0.39, 0.29) is 18.3 Å². The van der Waals surface area contributed by atoms with Crippen LogP contribution < -0.4 is 5.43 Å². The fourth-order valence-electron chi connectivity index (χ4n) is 2.88. The molecule has 0 radical (unpaired) electrons. The maximum absolute atomic E-state index is 12.6. The molecule has 0 unspecified atom stereocenters. The normalized spacial score (nSPS) is 14.6. The maximum Gasteiger partial charge on any atom is 0.303 e. The number of carboxylic acid groups (broad SMARTS) is 1. The number of aromatic nitrogens is 1. The molecule has 0 bridgehead atoms. The molecule has 1 saturated carbocycles. The first-order chi connectivity index (χ1) is 9.99. The predicted octanol–water partition coefficient (Wildman–Crippen LogP) is 3.32. The van der Waals surface area contributed by atoms with Gasteiger partial charge in [-0.25, -0.2) is 0 Å². The highest BCUT2D eigenvalue weighted by Crippen LogP contribution is 2.38. The van der Waals surface area contributed by atoms with E-state index in [1.807, 2.05) is 13.0 Å². The van der Waals surface area contributed by atoms with Gasteiger partial charge in [-0.3, -0.25) is 9.59 Å². The molecule has 1 aliphatic carbocycles. The lowest BCUT2D eigenvalue weighted by atomic mass is 10.0. The summed E-state index contributed by atoms with van der Waals surface area (Å²) in [6.45, 7) is 1.91. The average Bonchev–Trinajstić information content (AvgIpc) is 3.24. The van der Waals surface area contributed by atoms with Gasteiger partial charge in [0.1, 0.15) is 0 Å². The van der Waals surface area contributed by atoms with Crippen molar-refractivity contribution >= 4 is 28.5 Å². The number of rotatable bonds is 4. The molecule has 1 heterocycles. The van der Waals surface area contributed by atoms with Crippen LogP contribution in [0.2, 0.25) is 5.02 Å². The maximum atomic E-state index is 12.6. The summed E-state index contributed by atoms with van der Waals surface area (Å²) in [6.07, 6.45) is 2.42. The summed E-state index contributed by atoms with van der Waals surface area (Å²) < 4.78 is 2.17. The summed E-state index contributed by atoms with van der Waals surface area (Å²) in [6, 6.07) is 5.77. The average molecular weight is 306 g/mol. The van der Waals surface area contributed by atoms with Gasteiger partial charge in [0.25, 0.3) is 0 Å². The Bertz CT molecular complexity index is 790. The van der Waals surface area contributed by atoms with Crippen LogP contribution in [0.25, 0.3) is 10.9 Å². The third-order valence-electron chi connectivity index (χ3n) is 4.04. The van der Waals surface area contributed by atoms with Crippen molar-refractivity contribution in [3.8, 4) is 0 Å². The Hall–Kier alpha value is -1.81. The minimum Gasteiger partial charge on any atom is -0.481 e. The zero-order chi connectivity index (χ0) is 15.1. The summed E-state index contributed by atoms with van der Waals surface area (Å²) in [5, 5.41) is 9.98. The molecular formula is C16H16ClNO3. The van der Waals surface area contributed by atoms with Crippen LogP contribution in [0.4, 0.5) is 0 Å². The molecule has 3 rings (SSSR count). The van der Waals surface area contributed by atoms with Gasteiger partial charge in [0.15, 0.2) is 5.43 Å². The Morgan fingerprint density at radius 3 is 2.76 bits per heavy atom.